The van der Waals surface area contributed by atoms with Crippen molar-refractivity contribution < 1.29 is 13.6 Å². The molecule has 0 radical (unpaired) electrons. The lowest BCUT2D eigenvalue weighted by atomic mass is 10.2. The van der Waals surface area contributed by atoms with Gasteiger partial charge in [-0.1, -0.05) is 12.1 Å². The van der Waals surface area contributed by atoms with Crippen LogP contribution in [0.15, 0.2) is 59.5 Å². The molecular formula is C21H22FN5O2. The predicted octanol–water partition coefficient (Wildman–Crippen LogP) is 2.78. The number of hydrogen-bond donors (Lipinski definition) is 1. The normalized spacial score (nSPS) is 15.3. The van der Waals surface area contributed by atoms with Crippen molar-refractivity contribution in [1.29, 1.82) is 0 Å². The Kier molecular flexibility index (Phi) is 5.92. The SMILES string of the molecule is O=C(Nc1cccc(F)c1)c1coc(CN2CCN(Cc3cccnc3)CC2)n1. The molecule has 1 saturated heterocycles. The van der Waals surface area contributed by atoms with E-state index in [9.17, 15) is 9.18 Å². The number of amides is 1. The van der Waals surface area contributed by atoms with Crippen molar-refractivity contribution in [3.8, 4) is 0 Å². The van der Waals surface area contributed by atoms with Crippen LogP contribution in [0, 0.1) is 5.82 Å². The molecule has 29 heavy (non-hydrogen) atoms. The van der Waals surface area contributed by atoms with Crippen LogP contribution in [-0.4, -0.2) is 51.9 Å². The summed E-state index contributed by atoms with van der Waals surface area (Å²) in [5, 5.41) is 2.62. The van der Waals surface area contributed by atoms with Gasteiger partial charge in [0.2, 0.25) is 5.89 Å². The minimum atomic E-state index is -0.424. The number of pyridine rings is 1. The average Bonchev–Trinajstić information content (AvgIpc) is 3.19. The zero-order valence-electron chi connectivity index (χ0n) is 15.9. The van der Waals surface area contributed by atoms with Crippen LogP contribution in [0.4, 0.5) is 10.1 Å². The molecule has 0 aliphatic carbocycles. The van der Waals surface area contributed by atoms with Crippen LogP contribution in [0.5, 0.6) is 0 Å². The van der Waals surface area contributed by atoms with Crippen molar-refractivity contribution in [2.24, 2.45) is 0 Å². The van der Waals surface area contributed by atoms with E-state index in [1.165, 1.54) is 30.0 Å². The number of nitrogens with zero attached hydrogens (tertiary/aromatic N) is 4. The van der Waals surface area contributed by atoms with E-state index in [1.54, 1.807) is 12.3 Å². The zero-order chi connectivity index (χ0) is 20.1. The van der Waals surface area contributed by atoms with Crippen molar-refractivity contribution in [2.45, 2.75) is 13.1 Å². The second-order valence-electron chi connectivity index (χ2n) is 7.00. The lowest BCUT2D eigenvalue weighted by Crippen LogP contribution is -2.45. The van der Waals surface area contributed by atoms with Crippen molar-refractivity contribution in [2.75, 3.05) is 31.5 Å². The molecule has 8 heteroatoms. The Labute approximate surface area is 168 Å². The van der Waals surface area contributed by atoms with Gasteiger partial charge in [-0.3, -0.25) is 19.6 Å². The van der Waals surface area contributed by atoms with Crippen molar-refractivity contribution in [3.63, 3.8) is 0 Å². The van der Waals surface area contributed by atoms with Gasteiger partial charge in [-0.15, -0.1) is 0 Å². The number of anilines is 1. The molecule has 1 aromatic carbocycles. The van der Waals surface area contributed by atoms with Gasteiger partial charge in [0.15, 0.2) is 5.69 Å². The first-order chi connectivity index (χ1) is 14.2. The highest BCUT2D eigenvalue weighted by Crippen LogP contribution is 2.14. The number of benzene rings is 1. The number of carbonyl (C=O) groups excluding carboxylic acids is 1. The molecule has 4 rings (SSSR count). The van der Waals surface area contributed by atoms with Gasteiger partial charge in [-0.05, 0) is 29.8 Å². The Hall–Kier alpha value is -3.10. The maximum atomic E-state index is 13.2. The van der Waals surface area contributed by atoms with Gasteiger partial charge >= 0.3 is 0 Å². The van der Waals surface area contributed by atoms with E-state index >= 15 is 0 Å². The molecule has 0 bridgehead atoms. The number of piperazine rings is 1. The molecule has 0 atom stereocenters. The molecule has 150 valence electrons. The van der Waals surface area contributed by atoms with Gasteiger partial charge in [0, 0.05) is 50.8 Å². The van der Waals surface area contributed by atoms with Gasteiger partial charge < -0.3 is 9.73 Å². The number of oxazole rings is 1. The summed E-state index contributed by atoms with van der Waals surface area (Å²) >= 11 is 0. The number of hydrogen-bond acceptors (Lipinski definition) is 6. The molecule has 1 fully saturated rings. The quantitative estimate of drug-likeness (QED) is 0.692. The monoisotopic (exact) mass is 395 g/mol. The standard InChI is InChI=1S/C21H22FN5O2/c22-17-4-1-5-18(11-17)24-21(28)19-15-29-20(25-19)14-27-9-7-26(8-10-27)13-16-3-2-6-23-12-16/h1-6,11-12,15H,7-10,13-14H2,(H,24,28). The van der Waals surface area contributed by atoms with Crippen LogP contribution in [0.25, 0.3) is 0 Å². The van der Waals surface area contributed by atoms with Crippen LogP contribution in [0.3, 0.4) is 0 Å². The lowest BCUT2D eigenvalue weighted by Gasteiger charge is -2.33. The summed E-state index contributed by atoms with van der Waals surface area (Å²) in [6.45, 7) is 5.13. The molecular weight excluding hydrogens is 373 g/mol. The number of carbonyl (C=O) groups is 1. The molecule has 1 aliphatic rings. The summed E-state index contributed by atoms with van der Waals surface area (Å²) in [6.07, 6.45) is 5.02. The Morgan fingerprint density at radius 2 is 1.90 bits per heavy atom. The molecule has 1 amide bonds. The van der Waals surface area contributed by atoms with E-state index < -0.39 is 11.7 Å². The first-order valence-electron chi connectivity index (χ1n) is 9.51. The molecule has 7 nitrogen and oxygen atoms in total. The third-order valence-electron chi connectivity index (χ3n) is 4.82. The van der Waals surface area contributed by atoms with E-state index in [1.807, 2.05) is 12.3 Å². The van der Waals surface area contributed by atoms with Crippen LogP contribution >= 0.6 is 0 Å². The van der Waals surface area contributed by atoms with Gasteiger partial charge in [0.1, 0.15) is 12.1 Å². The number of aromatic nitrogens is 2. The van der Waals surface area contributed by atoms with Crippen molar-refractivity contribution >= 4 is 11.6 Å². The largest absolute Gasteiger partial charge is 0.447 e. The van der Waals surface area contributed by atoms with E-state index in [0.717, 1.165) is 32.7 Å². The van der Waals surface area contributed by atoms with Crippen molar-refractivity contribution in [1.82, 2.24) is 19.8 Å². The van der Waals surface area contributed by atoms with Crippen LogP contribution < -0.4 is 5.32 Å². The fourth-order valence-corrected chi connectivity index (χ4v) is 3.30. The maximum absolute atomic E-state index is 13.2. The summed E-state index contributed by atoms with van der Waals surface area (Å²) in [4.78, 5) is 25.3. The Bertz CT molecular complexity index is 954. The molecule has 0 spiro atoms. The molecule has 2 aromatic heterocycles. The van der Waals surface area contributed by atoms with Crippen LogP contribution in [-0.2, 0) is 13.1 Å². The van der Waals surface area contributed by atoms with Gasteiger partial charge in [0.25, 0.3) is 5.91 Å². The molecule has 1 N–H and O–H groups in total. The first-order valence-corrected chi connectivity index (χ1v) is 9.51. The summed E-state index contributed by atoms with van der Waals surface area (Å²) in [7, 11) is 0. The number of rotatable bonds is 6. The number of halogens is 1. The molecule has 0 unspecified atom stereocenters. The molecule has 3 heterocycles. The summed E-state index contributed by atoms with van der Waals surface area (Å²) in [5.41, 5.74) is 1.77. The van der Waals surface area contributed by atoms with Gasteiger partial charge in [-0.2, -0.15) is 0 Å². The third kappa shape index (κ3) is 5.24. The Balaban J connectivity index is 1.27. The maximum Gasteiger partial charge on any atom is 0.277 e. The summed E-state index contributed by atoms with van der Waals surface area (Å²) < 4.78 is 18.7. The molecule has 1 aliphatic heterocycles. The second kappa shape index (κ2) is 8.93. The molecule has 0 saturated carbocycles. The number of nitrogens with one attached hydrogen (secondary N) is 1. The Morgan fingerprint density at radius 1 is 1.10 bits per heavy atom. The second-order valence-corrected chi connectivity index (χ2v) is 7.00. The van der Waals surface area contributed by atoms with Gasteiger partial charge in [-0.25, -0.2) is 9.37 Å². The van der Waals surface area contributed by atoms with E-state index in [-0.39, 0.29) is 5.69 Å². The lowest BCUT2D eigenvalue weighted by molar-refractivity contribution is 0.102. The highest BCUT2D eigenvalue weighted by atomic mass is 19.1. The Morgan fingerprint density at radius 3 is 2.62 bits per heavy atom. The van der Waals surface area contributed by atoms with E-state index in [4.69, 9.17) is 4.42 Å². The summed E-state index contributed by atoms with van der Waals surface area (Å²) in [5.74, 6) is -0.340. The van der Waals surface area contributed by atoms with E-state index in [2.05, 4.69) is 31.2 Å². The minimum absolute atomic E-state index is 0.180. The smallest absolute Gasteiger partial charge is 0.277 e. The topological polar surface area (TPSA) is 74.5 Å². The predicted molar refractivity (Wildman–Crippen MR) is 106 cm³/mol. The highest BCUT2D eigenvalue weighted by Gasteiger charge is 2.20. The molecule has 3 aromatic rings. The summed E-state index contributed by atoms with van der Waals surface area (Å²) in [6, 6.07) is 9.77. The zero-order valence-corrected chi connectivity index (χ0v) is 15.9. The van der Waals surface area contributed by atoms with Crippen LogP contribution in [0.1, 0.15) is 21.9 Å². The average molecular weight is 395 g/mol. The van der Waals surface area contributed by atoms with Crippen molar-refractivity contribution in [3.05, 3.63) is 78.0 Å². The highest BCUT2D eigenvalue weighted by molar-refractivity contribution is 6.02. The van der Waals surface area contributed by atoms with E-state index in [0.29, 0.717) is 18.1 Å². The minimum Gasteiger partial charge on any atom is -0.447 e. The van der Waals surface area contributed by atoms with Gasteiger partial charge in [0.05, 0.1) is 6.54 Å². The fraction of sp³-hybridized carbons (Fsp3) is 0.286. The third-order valence-corrected chi connectivity index (χ3v) is 4.82. The first kappa shape index (κ1) is 19.2. The fourth-order valence-electron chi connectivity index (χ4n) is 3.30. The van der Waals surface area contributed by atoms with Crippen LogP contribution in [0.2, 0.25) is 0 Å².